The average Bonchev–Trinajstić information content (AvgIpc) is 2.94. The smallest absolute Gasteiger partial charge is 0.329 e. The van der Waals surface area contributed by atoms with E-state index < -0.39 is 17.4 Å². The Hall–Kier alpha value is -1.50. The first kappa shape index (κ1) is 11.0. The molecule has 1 unspecified atom stereocenters. The minimum atomic E-state index is -1.18. The van der Waals surface area contributed by atoms with Crippen LogP contribution in [0.2, 0.25) is 0 Å². The molecule has 1 heterocycles. The van der Waals surface area contributed by atoms with Crippen molar-refractivity contribution in [3.8, 4) is 0 Å². The van der Waals surface area contributed by atoms with Gasteiger partial charge in [-0.15, -0.1) is 5.10 Å². The Kier molecular flexibility index (Phi) is 2.63. The number of carbonyl (C=O) groups excluding carboxylic acids is 1. The highest BCUT2D eigenvalue weighted by molar-refractivity contribution is 7.07. The van der Waals surface area contributed by atoms with Crippen molar-refractivity contribution in [1.82, 2.24) is 14.9 Å². The third kappa shape index (κ3) is 1.90. The van der Waals surface area contributed by atoms with Gasteiger partial charge < -0.3 is 10.4 Å². The van der Waals surface area contributed by atoms with Crippen molar-refractivity contribution in [2.24, 2.45) is 5.92 Å². The molecule has 1 fully saturated rings. The van der Waals surface area contributed by atoms with Crippen molar-refractivity contribution in [2.45, 2.75) is 25.3 Å². The van der Waals surface area contributed by atoms with E-state index in [1.165, 1.54) is 6.20 Å². The lowest BCUT2D eigenvalue weighted by atomic mass is 9.96. The van der Waals surface area contributed by atoms with Crippen LogP contribution in [0.5, 0.6) is 0 Å². The molecule has 0 spiro atoms. The molecule has 1 saturated carbocycles. The number of hydrogen-bond acceptors (Lipinski definition) is 5. The van der Waals surface area contributed by atoms with Gasteiger partial charge in [-0.2, -0.15) is 0 Å². The number of nitrogens with one attached hydrogen (secondary N) is 1. The average molecular weight is 241 g/mol. The van der Waals surface area contributed by atoms with Gasteiger partial charge in [0.25, 0.3) is 5.91 Å². The van der Waals surface area contributed by atoms with Gasteiger partial charge in [-0.1, -0.05) is 4.49 Å². The zero-order valence-corrected chi connectivity index (χ0v) is 9.45. The maximum atomic E-state index is 11.7. The van der Waals surface area contributed by atoms with Gasteiger partial charge in [0.05, 0.1) is 6.20 Å². The van der Waals surface area contributed by atoms with Crippen molar-refractivity contribution in [2.75, 3.05) is 0 Å². The van der Waals surface area contributed by atoms with E-state index in [-0.39, 0.29) is 5.92 Å². The van der Waals surface area contributed by atoms with Crippen LogP contribution in [0.3, 0.4) is 0 Å². The second-order valence-corrected chi connectivity index (χ2v) is 4.80. The summed E-state index contributed by atoms with van der Waals surface area (Å²) < 4.78 is 3.56. The van der Waals surface area contributed by atoms with Gasteiger partial charge in [0, 0.05) is 0 Å². The SMILES string of the molecule is CC(NC(=O)c1cnns1)(C(=O)O)C1CC1. The molecule has 0 bridgehead atoms. The fraction of sp³-hybridized carbons (Fsp3) is 0.556. The van der Waals surface area contributed by atoms with Gasteiger partial charge in [0.15, 0.2) is 0 Å². The van der Waals surface area contributed by atoms with Crippen molar-refractivity contribution in [1.29, 1.82) is 0 Å². The van der Waals surface area contributed by atoms with Crippen molar-refractivity contribution in [3.63, 3.8) is 0 Å². The summed E-state index contributed by atoms with van der Waals surface area (Å²) in [7, 11) is 0. The third-order valence-electron chi connectivity index (χ3n) is 2.80. The Balaban J connectivity index is 2.12. The number of amides is 1. The summed E-state index contributed by atoms with van der Waals surface area (Å²) in [6, 6.07) is 0. The maximum absolute atomic E-state index is 11.7. The molecule has 0 saturated heterocycles. The van der Waals surface area contributed by atoms with E-state index in [2.05, 4.69) is 14.9 Å². The van der Waals surface area contributed by atoms with Gasteiger partial charge in [0.1, 0.15) is 10.4 Å². The van der Waals surface area contributed by atoms with E-state index in [9.17, 15) is 9.59 Å². The molecule has 0 aliphatic heterocycles. The monoisotopic (exact) mass is 241 g/mol. The lowest BCUT2D eigenvalue weighted by Gasteiger charge is -2.25. The predicted octanol–water partition coefficient (Wildman–Crippen LogP) is 0.521. The highest BCUT2D eigenvalue weighted by Gasteiger charge is 2.48. The molecule has 1 amide bonds. The summed E-state index contributed by atoms with van der Waals surface area (Å²) in [4.78, 5) is 23.2. The van der Waals surface area contributed by atoms with Crippen molar-refractivity contribution in [3.05, 3.63) is 11.1 Å². The van der Waals surface area contributed by atoms with Gasteiger partial charge >= 0.3 is 5.97 Å². The number of carboxylic acid groups (broad SMARTS) is 1. The Labute approximate surface area is 95.8 Å². The lowest BCUT2D eigenvalue weighted by molar-refractivity contribution is -0.144. The van der Waals surface area contributed by atoms with E-state index in [0.29, 0.717) is 4.88 Å². The van der Waals surface area contributed by atoms with E-state index in [4.69, 9.17) is 5.11 Å². The standard InChI is InChI=1S/C9H11N3O3S/c1-9(8(14)15,5-2-3-5)11-7(13)6-4-10-12-16-6/h4-5H,2-3H2,1H3,(H,11,13)(H,14,15). The molecule has 0 radical (unpaired) electrons. The molecule has 1 atom stereocenters. The zero-order valence-electron chi connectivity index (χ0n) is 8.64. The molecule has 7 heteroatoms. The summed E-state index contributed by atoms with van der Waals surface area (Å²) >= 11 is 0.949. The minimum Gasteiger partial charge on any atom is -0.480 e. The minimum absolute atomic E-state index is 0.0230. The Bertz CT molecular complexity index is 416. The van der Waals surface area contributed by atoms with Crippen LogP contribution in [0, 0.1) is 5.92 Å². The van der Waals surface area contributed by atoms with Crippen LogP contribution >= 0.6 is 11.5 Å². The van der Waals surface area contributed by atoms with Crippen LogP contribution < -0.4 is 5.32 Å². The Morgan fingerprint density at radius 3 is 2.75 bits per heavy atom. The first-order valence-electron chi connectivity index (χ1n) is 4.87. The second-order valence-electron chi connectivity index (χ2n) is 4.02. The summed E-state index contributed by atoms with van der Waals surface area (Å²) in [6.07, 6.45) is 3.00. The second kappa shape index (κ2) is 3.82. The topological polar surface area (TPSA) is 92.2 Å². The number of rotatable bonds is 4. The molecular formula is C9H11N3O3S. The van der Waals surface area contributed by atoms with Crippen LogP contribution in [0.1, 0.15) is 29.4 Å². The molecule has 1 aromatic heterocycles. The molecule has 2 rings (SSSR count). The first-order chi connectivity index (χ1) is 7.54. The van der Waals surface area contributed by atoms with E-state index in [1.54, 1.807) is 6.92 Å². The van der Waals surface area contributed by atoms with Gasteiger partial charge in [-0.25, -0.2) is 4.79 Å². The molecule has 1 aromatic rings. The summed E-state index contributed by atoms with van der Waals surface area (Å²) in [5.74, 6) is -1.40. The largest absolute Gasteiger partial charge is 0.480 e. The summed E-state index contributed by atoms with van der Waals surface area (Å²) in [5, 5.41) is 15.2. The number of nitrogens with zero attached hydrogens (tertiary/aromatic N) is 2. The van der Waals surface area contributed by atoms with Crippen LogP contribution in [0.15, 0.2) is 6.20 Å². The summed E-state index contributed by atoms with van der Waals surface area (Å²) in [5.41, 5.74) is -1.18. The highest BCUT2D eigenvalue weighted by atomic mass is 32.1. The molecule has 86 valence electrons. The van der Waals surface area contributed by atoms with Crippen LogP contribution in [-0.2, 0) is 4.79 Å². The zero-order chi connectivity index (χ0) is 11.8. The Morgan fingerprint density at radius 1 is 1.62 bits per heavy atom. The number of aromatic nitrogens is 2. The molecule has 0 aromatic carbocycles. The molecule has 1 aliphatic carbocycles. The third-order valence-corrected chi connectivity index (χ3v) is 3.46. The molecule has 6 nitrogen and oxygen atoms in total. The predicted molar refractivity (Wildman–Crippen MR) is 56.1 cm³/mol. The molecule has 16 heavy (non-hydrogen) atoms. The normalized spacial score (nSPS) is 18.8. The quantitative estimate of drug-likeness (QED) is 0.801. The highest BCUT2D eigenvalue weighted by Crippen LogP contribution is 2.39. The number of carboxylic acids is 1. The summed E-state index contributed by atoms with van der Waals surface area (Å²) in [6.45, 7) is 1.54. The van der Waals surface area contributed by atoms with E-state index in [0.717, 1.165) is 24.4 Å². The molecule has 2 N–H and O–H groups in total. The number of carbonyl (C=O) groups is 2. The van der Waals surface area contributed by atoms with Crippen molar-refractivity contribution >= 4 is 23.4 Å². The van der Waals surface area contributed by atoms with E-state index >= 15 is 0 Å². The maximum Gasteiger partial charge on any atom is 0.329 e. The fourth-order valence-corrected chi connectivity index (χ4v) is 1.97. The van der Waals surface area contributed by atoms with Crippen molar-refractivity contribution < 1.29 is 14.7 Å². The first-order valence-corrected chi connectivity index (χ1v) is 5.64. The van der Waals surface area contributed by atoms with Gasteiger partial charge in [0.2, 0.25) is 0 Å². The van der Waals surface area contributed by atoms with E-state index in [1.807, 2.05) is 0 Å². The van der Waals surface area contributed by atoms with Gasteiger partial charge in [-0.3, -0.25) is 4.79 Å². The number of aliphatic carboxylic acids is 1. The Morgan fingerprint density at radius 2 is 2.31 bits per heavy atom. The lowest BCUT2D eigenvalue weighted by Crippen LogP contribution is -2.53. The van der Waals surface area contributed by atoms with Crippen LogP contribution in [-0.4, -0.2) is 32.1 Å². The van der Waals surface area contributed by atoms with Crippen LogP contribution in [0.4, 0.5) is 0 Å². The fourth-order valence-electron chi connectivity index (χ4n) is 1.56. The number of hydrogen-bond donors (Lipinski definition) is 2. The van der Waals surface area contributed by atoms with Gasteiger partial charge in [-0.05, 0) is 37.2 Å². The molecular weight excluding hydrogens is 230 g/mol. The molecule has 1 aliphatic rings. The van der Waals surface area contributed by atoms with Crippen LogP contribution in [0.25, 0.3) is 0 Å².